The van der Waals surface area contributed by atoms with Crippen molar-refractivity contribution in [2.24, 2.45) is 0 Å². The molecule has 1 aromatic carbocycles. The van der Waals surface area contributed by atoms with Crippen LogP contribution >= 0.6 is 0 Å². The molecule has 0 fully saturated rings. The fraction of sp³-hybridized carbons (Fsp3) is 0.524. The lowest BCUT2D eigenvalue weighted by Crippen LogP contribution is -2.25. The van der Waals surface area contributed by atoms with Crippen LogP contribution in [0.5, 0.6) is 0 Å². The van der Waals surface area contributed by atoms with E-state index in [4.69, 9.17) is 0 Å². The molecule has 3 rings (SSSR count). The van der Waals surface area contributed by atoms with Crippen molar-refractivity contribution >= 4 is 11.6 Å². The number of fused-ring (bicyclic) bond motifs is 1. The third-order valence-corrected chi connectivity index (χ3v) is 5.35. The molecule has 1 aliphatic rings. The number of amides is 1. The number of benzene rings is 1. The number of hydrogen-bond acceptors (Lipinski definition) is 3. The Morgan fingerprint density at radius 1 is 1.23 bits per heavy atom. The summed E-state index contributed by atoms with van der Waals surface area (Å²) in [6.07, 6.45) is 6.17. The third-order valence-electron chi connectivity index (χ3n) is 5.35. The van der Waals surface area contributed by atoms with Gasteiger partial charge in [-0.2, -0.15) is 5.10 Å². The van der Waals surface area contributed by atoms with Crippen LogP contribution in [0.1, 0.15) is 47.3 Å². The summed E-state index contributed by atoms with van der Waals surface area (Å²) in [7, 11) is 2.08. The second kappa shape index (κ2) is 8.49. The molecule has 1 heterocycles. The maximum atomic E-state index is 12.2. The zero-order valence-corrected chi connectivity index (χ0v) is 16.2. The van der Waals surface area contributed by atoms with E-state index in [0.717, 1.165) is 43.7 Å². The van der Waals surface area contributed by atoms with Gasteiger partial charge in [0.2, 0.25) is 5.91 Å². The molecule has 1 aliphatic carbocycles. The molecule has 0 spiro atoms. The maximum absolute atomic E-state index is 12.2. The Balaban J connectivity index is 1.37. The van der Waals surface area contributed by atoms with E-state index in [0.29, 0.717) is 6.42 Å². The van der Waals surface area contributed by atoms with Gasteiger partial charge in [-0.15, -0.1) is 0 Å². The van der Waals surface area contributed by atoms with Crippen LogP contribution in [0, 0.1) is 13.8 Å². The van der Waals surface area contributed by atoms with Crippen molar-refractivity contribution in [3.05, 3.63) is 46.3 Å². The Kier molecular flexibility index (Phi) is 6.09. The molecule has 5 nitrogen and oxygen atoms in total. The molecule has 1 amide bonds. The van der Waals surface area contributed by atoms with E-state index in [-0.39, 0.29) is 5.91 Å². The van der Waals surface area contributed by atoms with Gasteiger partial charge in [0.1, 0.15) is 0 Å². The Morgan fingerprint density at radius 2 is 2.04 bits per heavy atom. The van der Waals surface area contributed by atoms with Gasteiger partial charge in [0, 0.05) is 24.3 Å². The van der Waals surface area contributed by atoms with Crippen LogP contribution in [0.3, 0.4) is 0 Å². The first-order valence-electron chi connectivity index (χ1n) is 9.63. The van der Waals surface area contributed by atoms with Crippen molar-refractivity contribution in [3.63, 3.8) is 0 Å². The highest BCUT2D eigenvalue weighted by Crippen LogP contribution is 2.24. The zero-order chi connectivity index (χ0) is 18.5. The smallest absolute Gasteiger partial charge is 0.225 e. The maximum Gasteiger partial charge on any atom is 0.225 e. The summed E-state index contributed by atoms with van der Waals surface area (Å²) in [4.78, 5) is 14.4. The van der Waals surface area contributed by atoms with E-state index in [1.165, 1.54) is 35.2 Å². The van der Waals surface area contributed by atoms with Gasteiger partial charge in [-0.3, -0.25) is 9.89 Å². The number of anilines is 1. The topological polar surface area (TPSA) is 61.0 Å². The van der Waals surface area contributed by atoms with Crippen LogP contribution in [0.25, 0.3) is 0 Å². The quantitative estimate of drug-likeness (QED) is 0.764. The number of carbonyl (C=O) groups is 1. The Hall–Kier alpha value is -2.14. The van der Waals surface area contributed by atoms with E-state index in [1.807, 2.05) is 13.0 Å². The van der Waals surface area contributed by atoms with Crippen molar-refractivity contribution in [3.8, 4) is 0 Å². The molecule has 0 atom stereocenters. The Bertz CT molecular complexity index is 746. The standard InChI is InChI=1S/C21H30N4O/c1-15-20(16(2)24-23-15)8-5-12-25(3)13-11-21(26)22-19-10-9-17-6-4-7-18(17)14-19/h9-10,14H,4-8,11-13H2,1-3H3,(H,22,26)(H,23,24). The van der Waals surface area contributed by atoms with E-state index in [9.17, 15) is 4.79 Å². The number of nitrogens with zero attached hydrogens (tertiary/aromatic N) is 2. The second-order valence-electron chi connectivity index (χ2n) is 7.45. The molecule has 140 valence electrons. The lowest BCUT2D eigenvalue weighted by atomic mass is 10.1. The minimum absolute atomic E-state index is 0.0938. The number of aromatic nitrogens is 2. The van der Waals surface area contributed by atoms with Crippen LogP contribution in [-0.4, -0.2) is 41.1 Å². The largest absolute Gasteiger partial charge is 0.326 e. The van der Waals surface area contributed by atoms with Crippen LogP contribution in [0.2, 0.25) is 0 Å². The van der Waals surface area contributed by atoms with Gasteiger partial charge in [0.15, 0.2) is 0 Å². The van der Waals surface area contributed by atoms with Crippen LogP contribution in [0.15, 0.2) is 18.2 Å². The van der Waals surface area contributed by atoms with Crippen LogP contribution < -0.4 is 5.32 Å². The molecule has 1 aromatic heterocycles. The molecule has 0 aliphatic heterocycles. The van der Waals surface area contributed by atoms with E-state index in [1.54, 1.807) is 0 Å². The molecule has 5 heteroatoms. The average Bonchev–Trinajstić information content (AvgIpc) is 3.20. The highest BCUT2D eigenvalue weighted by atomic mass is 16.1. The first-order valence-corrected chi connectivity index (χ1v) is 9.63. The van der Waals surface area contributed by atoms with E-state index in [2.05, 4.69) is 46.5 Å². The summed E-state index contributed by atoms with van der Waals surface area (Å²) in [5.41, 5.74) is 7.35. The second-order valence-corrected chi connectivity index (χ2v) is 7.45. The molecule has 0 radical (unpaired) electrons. The number of hydrogen-bond donors (Lipinski definition) is 2. The van der Waals surface area contributed by atoms with Crippen molar-refractivity contribution < 1.29 is 4.79 Å². The highest BCUT2D eigenvalue weighted by Gasteiger charge is 2.12. The molecular formula is C21H30N4O. The highest BCUT2D eigenvalue weighted by molar-refractivity contribution is 5.91. The number of carbonyl (C=O) groups excluding carboxylic acids is 1. The van der Waals surface area contributed by atoms with Crippen molar-refractivity contribution in [2.75, 3.05) is 25.5 Å². The van der Waals surface area contributed by atoms with Gasteiger partial charge < -0.3 is 10.2 Å². The Labute approximate surface area is 156 Å². The van der Waals surface area contributed by atoms with Crippen molar-refractivity contribution in [1.82, 2.24) is 15.1 Å². The first kappa shape index (κ1) is 18.6. The first-order chi connectivity index (χ1) is 12.5. The summed E-state index contributed by atoms with van der Waals surface area (Å²) >= 11 is 0. The van der Waals surface area contributed by atoms with Gasteiger partial charge in [-0.05, 0) is 88.4 Å². The molecule has 2 N–H and O–H groups in total. The van der Waals surface area contributed by atoms with Crippen LogP contribution in [-0.2, 0) is 24.1 Å². The fourth-order valence-corrected chi connectivity index (χ4v) is 3.75. The third kappa shape index (κ3) is 4.73. The number of nitrogens with one attached hydrogen (secondary N) is 2. The SMILES string of the molecule is Cc1n[nH]c(C)c1CCCN(C)CCC(=O)Nc1ccc2c(c1)CCC2. The molecular weight excluding hydrogens is 324 g/mol. The van der Waals surface area contributed by atoms with E-state index >= 15 is 0 Å². The molecule has 2 aromatic rings. The summed E-state index contributed by atoms with van der Waals surface area (Å²) in [5, 5.41) is 10.3. The average molecular weight is 354 g/mol. The van der Waals surface area contributed by atoms with Crippen LogP contribution in [0.4, 0.5) is 5.69 Å². The van der Waals surface area contributed by atoms with Crippen molar-refractivity contribution in [2.45, 2.75) is 52.4 Å². The fourth-order valence-electron chi connectivity index (χ4n) is 3.75. The minimum atomic E-state index is 0.0938. The Morgan fingerprint density at radius 3 is 2.81 bits per heavy atom. The van der Waals surface area contributed by atoms with E-state index < -0.39 is 0 Å². The molecule has 26 heavy (non-hydrogen) atoms. The van der Waals surface area contributed by atoms with Gasteiger partial charge in [-0.25, -0.2) is 0 Å². The number of rotatable bonds is 8. The molecule has 0 unspecified atom stereocenters. The molecule has 0 saturated carbocycles. The molecule has 0 saturated heterocycles. The predicted octanol–water partition coefficient (Wildman–Crippen LogP) is 3.41. The summed E-state index contributed by atoms with van der Waals surface area (Å²) in [6.45, 7) is 5.88. The normalized spacial score (nSPS) is 13.2. The predicted molar refractivity (Wildman–Crippen MR) is 106 cm³/mol. The zero-order valence-electron chi connectivity index (χ0n) is 16.2. The van der Waals surface area contributed by atoms with Gasteiger partial charge in [0.25, 0.3) is 0 Å². The minimum Gasteiger partial charge on any atom is -0.326 e. The lowest BCUT2D eigenvalue weighted by molar-refractivity contribution is -0.116. The summed E-state index contributed by atoms with van der Waals surface area (Å²) < 4.78 is 0. The van der Waals surface area contributed by atoms with Gasteiger partial charge in [-0.1, -0.05) is 6.07 Å². The summed E-state index contributed by atoms with van der Waals surface area (Å²) in [6, 6.07) is 6.32. The lowest BCUT2D eigenvalue weighted by Gasteiger charge is -2.16. The number of aromatic amines is 1. The molecule has 0 bridgehead atoms. The van der Waals surface area contributed by atoms with Gasteiger partial charge in [0.05, 0.1) is 5.69 Å². The number of aryl methyl sites for hydroxylation is 4. The van der Waals surface area contributed by atoms with Gasteiger partial charge >= 0.3 is 0 Å². The number of H-pyrrole nitrogens is 1. The van der Waals surface area contributed by atoms with Crippen molar-refractivity contribution in [1.29, 1.82) is 0 Å². The monoisotopic (exact) mass is 354 g/mol. The summed E-state index contributed by atoms with van der Waals surface area (Å²) in [5.74, 6) is 0.0938.